The highest BCUT2D eigenvalue weighted by Gasteiger charge is 2.37. The van der Waals surface area contributed by atoms with E-state index in [1.54, 1.807) is 0 Å². The van der Waals surface area contributed by atoms with Gasteiger partial charge < -0.3 is 24.8 Å². The molecule has 128 valence electrons. The van der Waals surface area contributed by atoms with E-state index in [1.807, 2.05) is 25.2 Å². The number of ether oxygens (including phenoxy) is 2. The fourth-order valence-electron chi connectivity index (χ4n) is 2.71. The third-order valence-electron chi connectivity index (χ3n) is 4.02. The summed E-state index contributed by atoms with van der Waals surface area (Å²) in [6.45, 7) is 1.83. The molecule has 3 atom stereocenters. The normalized spacial score (nSPS) is 24.1. The zero-order valence-electron chi connectivity index (χ0n) is 13.8. The van der Waals surface area contributed by atoms with Crippen LogP contribution in [0.3, 0.4) is 0 Å². The minimum absolute atomic E-state index is 0.00906. The minimum atomic E-state index is -0.699. The number of aliphatic hydroxyl groups excluding tert-OH is 1. The van der Waals surface area contributed by atoms with Gasteiger partial charge in [-0.05, 0) is 19.0 Å². The van der Waals surface area contributed by atoms with Crippen molar-refractivity contribution in [3.63, 3.8) is 0 Å². The molecule has 1 aromatic carbocycles. The van der Waals surface area contributed by atoms with Gasteiger partial charge in [0.05, 0.1) is 18.8 Å². The van der Waals surface area contributed by atoms with Crippen molar-refractivity contribution in [2.75, 3.05) is 40.5 Å². The van der Waals surface area contributed by atoms with E-state index in [9.17, 15) is 9.90 Å². The summed E-state index contributed by atoms with van der Waals surface area (Å²) in [4.78, 5) is 13.7. The Balaban J connectivity index is 1.73. The number of benzene rings is 1. The van der Waals surface area contributed by atoms with Gasteiger partial charge in [0.1, 0.15) is 12.7 Å². The second kappa shape index (κ2) is 8.98. The summed E-state index contributed by atoms with van der Waals surface area (Å²) < 4.78 is 10.4. The summed E-state index contributed by atoms with van der Waals surface area (Å²) in [7, 11) is 3.47. The van der Waals surface area contributed by atoms with E-state index < -0.39 is 6.10 Å². The Kier molecular flexibility index (Phi) is 6.98. The Morgan fingerprint density at radius 3 is 2.87 bits per heavy atom. The maximum Gasteiger partial charge on any atom is 0.246 e. The first-order valence-corrected chi connectivity index (χ1v) is 7.90. The zero-order valence-corrected chi connectivity index (χ0v) is 13.8. The molecule has 0 spiro atoms. The number of amides is 1. The maximum absolute atomic E-state index is 11.5. The molecule has 0 bridgehead atoms. The molecule has 1 heterocycles. The molecule has 1 aliphatic heterocycles. The summed E-state index contributed by atoms with van der Waals surface area (Å²) in [6, 6.07) is 9.92. The lowest BCUT2D eigenvalue weighted by Gasteiger charge is -2.23. The van der Waals surface area contributed by atoms with Crippen LogP contribution in [0.1, 0.15) is 5.56 Å². The number of hydrogen-bond acceptors (Lipinski definition) is 5. The molecule has 1 aliphatic rings. The molecule has 23 heavy (non-hydrogen) atoms. The predicted octanol–water partition coefficient (Wildman–Crippen LogP) is 0.0518. The average molecular weight is 322 g/mol. The van der Waals surface area contributed by atoms with Crippen LogP contribution in [0.25, 0.3) is 0 Å². The van der Waals surface area contributed by atoms with E-state index in [4.69, 9.17) is 9.47 Å². The standard InChI is InChI=1S/C17H26N2O4/c1-19(9-8-13-6-4-3-5-7-13)10-15-17(21)14(11-23-15)18-16(20)12-22-2/h3-7,14-15,17,21H,8-12H2,1-2H3,(H,18,20)/t14-,15-,17+/m0/s1. The van der Waals surface area contributed by atoms with Crippen LogP contribution in [0.5, 0.6) is 0 Å². The largest absolute Gasteiger partial charge is 0.388 e. The molecule has 6 heteroatoms. The molecular formula is C17H26N2O4. The molecule has 1 aromatic rings. The van der Waals surface area contributed by atoms with E-state index in [2.05, 4.69) is 22.3 Å². The highest BCUT2D eigenvalue weighted by Crippen LogP contribution is 2.15. The van der Waals surface area contributed by atoms with Crippen molar-refractivity contribution < 1.29 is 19.4 Å². The minimum Gasteiger partial charge on any atom is -0.388 e. The summed E-state index contributed by atoms with van der Waals surface area (Å²) in [5, 5.41) is 13.0. The van der Waals surface area contributed by atoms with Crippen molar-refractivity contribution in [3.05, 3.63) is 35.9 Å². The Morgan fingerprint density at radius 2 is 2.17 bits per heavy atom. The molecule has 2 rings (SSSR count). The summed E-state index contributed by atoms with van der Waals surface area (Å²) in [5.41, 5.74) is 1.29. The molecule has 0 unspecified atom stereocenters. The zero-order chi connectivity index (χ0) is 16.7. The van der Waals surface area contributed by atoms with E-state index >= 15 is 0 Å². The van der Waals surface area contributed by atoms with Gasteiger partial charge in [0.25, 0.3) is 0 Å². The van der Waals surface area contributed by atoms with Crippen LogP contribution in [0.15, 0.2) is 30.3 Å². The van der Waals surface area contributed by atoms with Gasteiger partial charge in [-0.3, -0.25) is 4.79 Å². The molecule has 6 nitrogen and oxygen atoms in total. The highest BCUT2D eigenvalue weighted by atomic mass is 16.5. The van der Waals surface area contributed by atoms with Crippen LogP contribution < -0.4 is 5.32 Å². The van der Waals surface area contributed by atoms with E-state index in [0.717, 1.165) is 13.0 Å². The molecule has 1 amide bonds. The number of likely N-dealkylation sites (N-methyl/N-ethyl adjacent to an activating group) is 1. The first-order valence-electron chi connectivity index (χ1n) is 7.90. The molecule has 0 aliphatic carbocycles. The SMILES string of the molecule is COCC(=O)N[C@H]1CO[C@@H](CN(C)CCc2ccccc2)[C@@H]1O. The topological polar surface area (TPSA) is 71.0 Å². The van der Waals surface area contributed by atoms with E-state index in [-0.39, 0.29) is 24.7 Å². The first kappa shape index (κ1) is 17.9. The monoisotopic (exact) mass is 322 g/mol. The number of hydrogen-bond donors (Lipinski definition) is 2. The van der Waals surface area contributed by atoms with Gasteiger partial charge in [0.15, 0.2) is 0 Å². The van der Waals surface area contributed by atoms with Crippen molar-refractivity contribution in [2.24, 2.45) is 0 Å². The number of nitrogens with one attached hydrogen (secondary N) is 1. The van der Waals surface area contributed by atoms with Gasteiger partial charge in [0, 0.05) is 20.2 Å². The molecule has 2 N–H and O–H groups in total. The van der Waals surface area contributed by atoms with Crippen LogP contribution in [-0.4, -0.2) is 74.6 Å². The molecule has 1 fully saturated rings. The Morgan fingerprint density at radius 1 is 1.43 bits per heavy atom. The fourth-order valence-corrected chi connectivity index (χ4v) is 2.71. The van der Waals surface area contributed by atoms with Crippen molar-refractivity contribution in [2.45, 2.75) is 24.7 Å². The predicted molar refractivity (Wildman–Crippen MR) is 87.2 cm³/mol. The number of carbonyl (C=O) groups excluding carboxylic acids is 1. The van der Waals surface area contributed by atoms with Crippen LogP contribution >= 0.6 is 0 Å². The molecule has 0 aromatic heterocycles. The second-order valence-corrected chi connectivity index (χ2v) is 5.97. The second-order valence-electron chi connectivity index (χ2n) is 5.97. The highest BCUT2D eigenvalue weighted by molar-refractivity contribution is 5.77. The van der Waals surface area contributed by atoms with Gasteiger partial charge in [0.2, 0.25) is 5.91 Å². The Labute approximate surface area is 137 Å². The number of methoxy groups -OCH3 is 1. The van der Waals surface area contributed by atoms with Gasteiger partial charge in [-0.1, -0.05) is 30.3 Å². The lowest BCUT2D eigenvalue weighted by atomic mass is 10.1. The third kappa shape index (κ3) is 5.58. The number of rotatable bonds is 8. The summed E-state index contributed by atoms with van der Waals surface area (Å²) in [5.74, 6) is -0.238. The Hall–Kier alpha value is -1.47. The average Bonchev–Trinajstić information content (AvgIpc) is 2.87. The van der Waals surface area contributed by atoms with Gasteiger partial charge in [-0.15, -0.1) is 0 Å². The van der Waals surface area contributed by atoms with Crippen molar-refractivity contribution in [1.29, 1.82) is 0 Å². The molecular weight excluding hydrogens is 296 g/mol. The lowest BCUT2D eigenvalue weighted by molar-refractivity contribution is -0.126. The van der Waals surface area contributed by atoms with E-state index in [1.165, 1.54) is 12.7 Å². The number of nitrogens with zero attached hydrogens (tertiary/aromatic N) is 1. The quantitative estimate of drug-likeness (QED) is 0.708. The van der Waals surface area contributed by atoms with Crippen molar-refractivity contribution in [1.82, 2.24) is 10.2 Å². The number of aliphatic hydroxyl groups is 1. The lowest BCUT2D eigenvalue weighted by Crippen LogP contribution is -2.47. The Bertz CT molecular complexity index is 483. The summed E-state index contributed by atoms with van der Waals surface area (Å²) >= 11 is 0. The van der Waals surface area contributed by atoms with Gasteiger partial charge in [-0.25, -0.2) is 0 Å². The molecule has 1 saturated heterocycles. The maximum atomic E-state index is 11.5. The first-order chi connectivity index (χ1) is 11.1. The molecule has 0 radical (unpaired) electrons. The van der Waals surface area contributed by atoms with Gasteiger partial charge >= 0.3 is 0 Å². The van der Waals surface area contributed by atoms with E-state index in [0.29, 0.717) is 13.2 Å². The van der Waals surface area contributed by atoms with Crippen LogP contribution in [0.2, 0.25) is 0 Å². The van der Waals surface area contributed by atoms with Gasteiger partial charge in [-0.2, -0.15) is 0 Å². The number of carbonyl (C=O) groups is 1. The van der Waals surface area contributed by atoms with Crippen molar-refractivity contribution in [3.8, 4) is 0 Å². The molecule has 0 saturated carbocycles. The summed E-state index contributed by atoms with van der Waals surface area (Å²) in [6.07, 6.45) is -0.0349. The van der Waals surface area contributed by atoms with Crippen LogP contribution in [0.4, 0.5) is 0 Å². The van der Waals surface area contributed by atoms with Crippen LogP contribution in [-0.2, 0) is 20.7 Å². The van der Waals surface area contributed by atoms with Crippen LogP contribution in [0, 0.1) is 0 Å². The van der Waals surface area contributed by atoms with Crippen molar-refractivity contribution >= 4 is 5.91 Å². The third-order valence-corrected chi connectivity index (χ3v) is 4.02. The fraction of sp³-hybridized carbons (Fsp3) is 0.588. The smallest absolute Gasteiger partial charge is 0.246 e.